The van der Waals surface area contributed by atoms with Crippen molar-refractivity contribution < 1.29 is 9.53 Å². The number of benzene rings is 3. The molecule has 0 spiro atoms. The summed E-state index contributed by atoms with van der Waals surface area (Å²) in [5, 5.41) is 13.9. The van der Waals surface area contributed by atoms with E-state index in [1.807, 2.05) is 66.7 Å². The van der Waals surface area contributed by atoms with Crippen LogP contribution in [0.1, 0.15) is 15.9 Å². The van der Waals surface area contributed by atoms with E-state index in [2.05, 4.69) is 20.8 Å². The summed E-state index contributed by atoms with van der Waals surface area (Å²) in [5.41, 5.74) is 3.19. The predicted molar refractivity (Wildman–Crippen MR) is 104 cm³/mol. The van der Waals surface area contributed by atoms with Gasteiger partial charge in [-0.1, -0.05) is 30.3 Å². The monoisotopic (exact) mass is 371 g/mol. The lowest BCUT2D eigenvalue weighted by molar-refractivity contribution is 0.102. The fourth-order valence-corrected chi connectivity index (χ4v) is 2.62. The number of nitrogens with zero attached hydrogens (tertiary/aromatic N) is 4. The second kappa shape index (κ2) is 8.13. The molecule has 0 aliphatic rings. The molecule has 0 aliphatic carbocycles. The van der Waals surface area contributed by atoms with Gasteiger partial charge in [0.2, 0.25) is 0 Å². The normalized spacial score (nSPS) is 10.4. The van der Waals surface area contributed by atoms with Crippen LogP contribution in [0, 0.1) is 0 Å². The van der Waals surface area contributed by atoms with Crippen molar-refractivity contribution in [1.82, 2.24) is 20.2 Å². The average Bonchev–Trinajstić information content (AvgIpc) is 3.29. The molecule has 3 aromatic carbocycles. The first-order valence-electron chi connectivity index (χ1n) is 8.69. The van der Waals surface area contributed by atoms with Crippen LogP contribution in [0.5, 0.6) is 5.75 Å². The van der Waals surface area contributed by atoms with Gasteiger partial charge in [0, 0.05) is 11.3 Å². The Labute approximate surface area is 161 Å². The van der Waals surface area contributed by atoms with Crippen molar-refractivity contribution in [3.63, 3.8) is 0 Å². The molecule has 7 nitrogen and oxygen atoms in total. The highest BCUT2D eigenvalue weighted by molar-refractivity contribution is 6.04. The zero-order valence-corrected chi connectivity index (χ0v) is 14.9. The summed E-state index contributed by atoms with van der Waals surface area (Å²) in [4.78, 5) is 12.3. The van der Waals surface area contributed by atoms with Gasteiger partial charge in [0.25, 0.3) is 5.91 Å². The number of rotatable bonds is 6. The van der Waals surface area contributed by atoms with Crippen LogP contribution in [0.15, 0.2) is 85.2 Å². The van der Waals surface area contributed by atoms with Crippen LogP contribution in [0.2, 0.25) is 0 Å². The Balaban J connectivity index is 1.34. The first-order valence-corrected chi connectivity index (χ1v) is 8.69. The Bertz CT molecular complexity index is 1030. The predicted octanol–water partition coefficient (Wildman–Crippen LogP) is 3.49. The Hall–Kier alpha value is -4.00. The van der Waals surface area contributed by atoms with Crippen LogP contribution < -0.4 is 10.1 Å². The van der Waals surface area contributed by atoms with Crippen molar-refractivity contribution in [3.05, 3.63) is 96.3 Å². The van der Waals surface area contributed by atoms with Gasteiger partial charge in [-0.25, -0.2) is 4.68 Å². The van der Waals surface area contributed by atoms with Gasteiger partial charge >= 0.3 is 0 Å². The number of ether oxygens (including phenoxy) is 1. The van der Waals surface area contributed by atoms with Crippen molar-refractivity contribution >= 4 is 11.6 Å². The molecule has 7 heteroatoms. The molecule has 1 N–H and O–H groups in total. The molecule has 138 valence electrons. The number of anilines is 1. The molecule has 0 fully saturated rings. The third-order valence-corrected chi connectivity index (χ3v) is 4.10. The molecule has 0 aliphatic heterocycles. The third-order valence-electron chi connectivity index (χ3n) is 4.10. The Morgan fingerprint density at radius 2 is 1.68 bits per heavy atom. The summed E-state index contributed by atoms with van der Waals surface area (Å²) in [6, 6.07) is 24.2. The SMILES string of the molecule is O=C(Nc1ccccc1)c1ccc(COc2ccc(-n3cnnn3)cc2)cc1. The minimum atomic E-state index is -0.142. The summed E-state index contributed by atoms with van der Waals surface area (Å²) in [5.74, 6) is 0.597. The fourth-order valence-electron chi connectivity index (χ4n) is 2.62. The molecule has 0 unspecified atom stereocenters. The van der Waals surface area contributed by atoms with Crippen molar-refractivity contribution in [2.24, 2.45) is 0 Å². The molecule has 1 amide bonds. The Kier molecular flexibility index (Phi) is 5.06. The molecule has 0 saturated heterocycles. The second-order valence-corrected chi connectivity index (χ2v) is 6.05. The molecule has 0 saturated carbocycles. The molecule has 28 heavy (non-hydrogen) atoms. The van der Waals surface area contributed by atoms with Crippen LogP contribution in [-0.2, 0) is 6.61 Å². The van der Waals surface area contributed by atoms with Gasteiger partial charge in [0.1, 0.15) is 18.7 Å². The number of carbonyl (C=O) groups excluding carboxylic acids is 1. The first kappa shape index (κ1) is 17.4. The van der Waals surface area contributed by atoms with Gasteiger partial charge in [-0.2, -0.15) is 0 Å². The van der Waals surface area contributed by atoms with E-state index >= 15 is 0 Å². The van der Waals surface area contributed by atoms with E-state index in [4.69, 9.17) is 4.74 Å². The summed E-state index contributed by atoms with van der Waals surface area (Å²) in [7, 11) is 0. The quantitative estimate of drug-likeness (QED) is 0.561. The lowest BCUT2D eigenvalue weighted by Gasteiger charge is -2.08. The van der Waals surface area contributed by atoms with E-state index in [-0.39, 0.29) is 5.91 Å². The van der Waals surface area contributed by atoms with Crippen LogP contribution in [-0.4, -0.2) is 26.1 Å². The van der Waals surface area contributed by atoms with Crippen LogP contribution in [0.4, 0.5) is 5.69 Å². The Morgan fingerprint density at radius 3 is 2.36 bits per heavy atom. The lowest BCUT2D eigenvalue weighted by atomic mass is 10.1. The molecule has 4 aromatic rings. The van der Waals surface area contributed by atoms with Crippen LogP contribution in [0.25, 0.3) is 5.69 Å². The van der Waals surface area contributed by atoms with Gasteiger partial charge in [-0.3, -0.25) is 4.79 Å². The summed E-state index contributed by atoms with van der Waals surface area (Å²) < 4.78 is 7.37. The fraction of sp³-hybridized carbons (Fsp3) is 0.0476. The van der Waals surface area contributed by atoms with Crippen LogP contribution in [0.3, 0.4) is 0 Å². The number of nitrogens with one attached hydrogen (secondary N) is 1. The van der Waals surface area contributed by atoms with E-state index in [9.17, 15) is 4.79 Å². The number of carbonyl (C=O) groups is 1. The largest absolute Gasteiger partial charge is 0.489 e. The van der Waals surface area contributed by atoms with Crippen molar-refractivity contribution in [2.45, 2.75) is 6.61 Å². The molecule has 0 atom stereocenters. The standard InChI is InChI=1S/C21H17N5O2/c27-21(23-18-4-2-1-3-5-18)17-8-6-16(7-9-17)14-28-20-12-10-19(11-13-20)26-15-22-24-25-26/h1-13,15H,14H2,(H,23,27). The minimum absolute atomic E-state index is 0.142. The van der Waals surface area contributed by atoms with Crippen molar-refractivity contribution in [3.8, 4) is 11.4 Å². The maximum absolute atomic E-state index is 12.3. The van der Waals surface area contributed by atoms with E-state index < -0.39 is 0 Å². The third kappa shape index (κ3) is 4.21. The maximum atomic E-state index is 12.3. The van der Waals surface area contributed by atoms with Crippen LogP contribution >= 0.6 is 0 Å². The van der Waals surface area contributed by atoms with E-state index in [0.29, 0.717) is 12.2 Å². The zero-order valence-electron chi connectivity index (χ0n) is 14.9. The number of hydrogen-bond donors (Lipinski definition) is 1. The molecule has 0 bridgehead atoms. The number of amides is 1. The van der Waals surface area contributed by atoms with E-state index in [1.54, 1.807) is 16.8 Å². The summed E-state index contributed by atoms with van der Waals surface area (Å²) >= 11 is 0. The van der Waals surface area contributed by atoms with Gasteiger partial charge < -0.3 is 10.1 Å². The lowest BCUT2D eigenvalue weighted by Crippen LogP contribution is -2.11. The van der Waals surface area contributed by atoms with Gasteiger partial charge in [0.15, 0.2) is 0 Å². The number of para-hydroxylation sites is 1. The molecule has 1 aromatic heterocycles. The van der Waals surface area contributed by atoms with Gasteiger partial charge in [-0.15, -0.1) is 5.10 Å². The highest BCUT2D eigenvalue weighted by Crippen LogP contribution is 2.16. The zero-order chi connectivity index (χ0) is 19.2. The smallest absolute Gasteiger partial charge is 0.255 e. The average molecular weight is 371 g/mol. The molecule has 0 radical (unpaired) electrons. The van der Waals surface area contributed by atoms with Gasteiger partial charge in [-0.05, 0) is 64.5 Å². The maximum Gasteiger partial charge on any atom is 0.255 e. The van der Waals surface area contributed by atoms with Crippen molar-refractivity contribution in [2.75, 3.05) is 5.32 Å². The highest BCUT2D eigenvalue weighted by atomic mass is 16.5. The number of aromatic nitrogens is 4. The highest BCUT2D eigenvalue weighted by Gasteiger charge is 2.06. The molecule has 4 rings (SSSR count). The van der Waals surface area contributed by atoms with Crippen molar-refractivity contribution in [1.29, 1.82) is 0 Å². The Morgan fingerprint density at radius 1 is 0.929 bits per heavy atom. The minimum Gasteiger partial charge on any atom is -0.489 e. The number of tetrazole rings is 1. The summed E-state index contributed by atoms with van der Waals surface area (Å²) in [6.07, 6.45) is 1.53. The number of hydrogen-bond acceptors (Lipinski definition) is 5. The van der Waals surface area contributed by atoms with E-state index in [1.165, 1.54) is 6.33 Å². The van der Waals surface area contributed by atoms with E-state index in [0.717, 1.165) is 22.7 Å². The first-order chi connectivity index (χ1) is 13.8. The second-order valence-electron chi connectivity index (χ2n) is 6.05. The molecule has 1 heterocycles. The van der Waals surface area contributed by atoms with Gasteiger partial charge in [0.05, 0.1) is 5.69 Å². The molecular formula is C21H17N5O2. The molecular weight excluding hydrogens is 354 g/mol. The summed E-state index contributed by atoms with van der Waals surface area (Å²) in [6.45, 7) is 0.408. The topological polar surface area (TPSA) is 81.9 Å².